The molecule has 8 heteroatoms. The van der Waals surface area contributed by atoms with E-state index in [1.54, 1.807) is 15.7 Å². The summed E-state index contributed by atoms with van der Waals surface area (Å²) >= 11 is 1.55. The summed E-state index contributed by atoms with van der Waals surface area (Å²) in [6, 6.07) is 1.43. The number of aryl methyl sites for hydroxylation is 2. The van der Waals surface area contributed by atoms with Gasteiger partial charge in [0.15, 0.2) is 10.7 Å². The molecule has 0 saturated carbocycles. The van der Waals surface area contributed by atoms with E-state index in [9.17, 15) is 9.59 Å². The third-order valence-electron chi connectivity index (χ3n) is 3.94. The van der Waals surface area contributed by atoms with Crippen molar-refractivity contribution in [1.82, 2.24) is 19.4 Å². The van der Waals surface area contributed by atoms with Crippen LogP contribution in [-0.4, -0.2) is 25.3 Å². The Balaban J connectivity index is 1.59. The van der Waals surface area contributed by atoms with Gasteiger partial charge in [-0.15, -0.1) is 11.3 Å². The summed E-state index contributed by atoms with van der Waals surface area (Å²) < 4.78 is 6.86. The zero-order valence-corrected chi connectivity index (χ0v) is 13.6. The van der Waals surface area contributed by atoms with Crippen LogP contribution < -0.4 is 5.56 Å². The van der Waals surface area contributed by atoms with E-state index >= 15 is 0 Å². The third kappa shape index (κ3) is 2.69. The van der Waals surface area contributed by atoms with E-state index in [-0.39, 0.29) is 17.9 Å². The van der Waals surface area contributed by atoms with Gasteiger partial charge in [0, 0.05) is 29.0 Å². The Morgan fingerprint density at radius 3 is 3.00 bits per heavy atom. The van der Waals surface area contributed by atoms with Crippen molar-refractivity contribution in [2.45, 2.75) is 32.3 Å². The monoisotopic (exact) mass is 342 g/mol. The molecule has 0 bridgehead atoms. The summed E-state index contributed by atoms with van der Waals surface area (Å²) in [4.78, 5) is 38.4. The Kier molecular flexibility index (Phi) is 3.81. The highest BCUT2D eigenvalue weighted by atomic mass is 32.1. The number of rotatable bonds is 3. The Morgan fingerprint density at radius 2 is 2.17 bits per heavy atom. The fourth-order valence-corrected chi connectivity index (χ4v) is 4.07. The quantitative estimate of drug-likeness (QED) is 0.675. The van der Waals surface area contributed by atoms with Gasteiger partial charge in [-0.05, 0) is 25.7 Å². The smallest absolute Gasteiger partial charge is 0.358 e. The number of carbonyl (C=O) groups is 1. The highest BCUT2D eigenvalue weighted by molar-refractivity contribution is 7.17. The fraction of sp³-hybridized carbons (Fsp3) is 0.312. The number of esters is 1. The van der Waals surface area contributed by atoms with Crippen molar-refractivity contribution < 1.29 is 9.53 Å². The lowest BCUT2D eigenvalue weighted by Crippen LogP contribution is -2.18. The van der Waals surface area contributed by atoms with Gasteiger partial charge >= 0.3 is 5.97 Å². The maximum absolute atomic E-state index is 12.4. The van der Waals surface area contributed by atoms with Crippen molar-refractivity contribution in [2.75, 3.05) is 0 Å². The normalized spacial score (nSPS) is 13.7. The van der Waals surface area contributed by atoms with Gasteiger partial charge in [0.25, 0.3) is 5.56 Å². The molecule has 3 aromatic heterocycles. The lowest BCUT2D eigenvalue weighted by Gasteiger charge is -2.10. The molecule has 0 aliphatic heterocycles. The molecule has 3 heterocycles. The molecule has 0 N–H and O–H groups in total. The average Bonchev–Trinajstić information content (AvgIpc) is 2.99. The first-order valence-corrected chi connectivity index (χ1v) is 8.50. The van der Waals surface area contributed by atoms with E-state index in [2.05, 4.69) is 15.0 Å². The predicted octanol–water partition coefficient (Wildman–Crippen LogP) is 1.78. The minimum atomic E-state index is -0.587. The molecule has 0 fully saturated rings. The van der Waals surface area contributed by atoms with E-state index < -0.39 is 5.97 Å². The molecule has 0 radical (unpaired) electrons. The Labute approximate surface area is 141 Å². The molecule has 3 aromatic rings. The molecule has 0 amide bonds. The van der Waals surface area contributed by atoms with Gasteiger partial charge in [0.05, 0.1) is 11.9 Å². The lowest BCUT2D eigenvalue weighted by atomic mass is 10.0. The zero-order valence-electron chi connectivity index (χ0n) is 12.8. The molecule has 4 rings (SSSR count). The molecule has 0 saturated heterocycles. The topological polar surface area (TPSA) is 86.5 Å². The van der Waals surface area contributed by atoms with Crippen LogP contribution in [0.1, 0.15) is 39.6 Å². The number of fused-ring (bicyclic) bond motifs is 3. The first-order valence-electron chi connectivity index (χ1n) is 7.69. The van der Waals surface area contributed by atoms with E-state index in [1.165, 1.54) is 29.5 Å². The predicted molar refractivity (Wildman–Crippen MR) is 87.1 cm³/mol. The first kappa shape index (κ1) is 14.9. The molecule has 0 atom stereocenters. The molecule has 1 aliphatic carbocycles. The van der Waals surface area contributed by atoms with Crippen molar-refractivity contribution in [3.05, 3.63) is 57.0 Å². The average molecular weight is 342 g/mol. The summed E-state index contributed by atoms with van der Waals surface area (Å²) in [6.45, 7) is -0.0658. The third-order valence-corrected chi connectivity index (χ3v) is 5.08. The zero-order chi connectivity index (χ0) is 16.5. The molecule has 7 nitrogen and oxygen atoms in total. The molecule has 122 valence electrons. The highest BCUT2D eigenvalue weighted by Gasteiger charge is 2.19. The van der Waals surface area contributed by atoms with Gasteiger partial charge in [-0.1, -0.05) is 0 Å². The highest BCUT2D eigenvalue weighted by Crippen LogP contribution is 2.28. The number of hydrogen-bond donors (Lipinski definition) is 0. The number of thiazole rings is 1. The van der Waals surface area contributed by atoms with Crippen molar-refractivity contribution in [1.29, 1.82) is 0 Å². The largest absolute Gasteiger partial charge is 0.454 e. The second kappa shape index (κ2) is 6.12. The maximum atomic E-state index is 12.4. The minimum Gasteiger partial charge on any atom is -0.454 e. The van der Waals surface area contributed by atoms with E-state index in [4.69, 9.17) is 4.74 Å². The van der Waals surface area contributed by atoms with Crippen LogP contribution in [0, 0.1) is 0 Å². The number of carbonyl (C=O) groups excluding carboxylic acids is 1. The van der Waals surface area contributed by atoms with Crippen molar-refractivity contribution in [3.8, 4) is 0 Å². The van der Waals surface area contributed by atoms with Crippen molar-refractivity contribution in [3.63, 3.8) is 0 Å². The lowest BCUT2D eigenvalue weighted by molar-refractivity contribution is 0.0460. The summed E-state index contributed by atoms with van der Waals surface area (Å²) in [5.74, 6) is -0.587. The van der Waals surface area contributed by atoms with E-state index in [0.29, 0.717) is 10.7 Å². The van der Waals surface area contributed by atoms with Crippen LogP contribution in [0.4, 0.5) is 0 Å². The van der Waals surface area contributed by atoms with Crippen molar-refractivity contribution in [2.24, 2.45) is 0 Å². The van der Waals surface area contributed by atoms with Crippen molar-refractivity contribution >= 4 is 22.3 Å². The molecule has 24 heavy (non-hydrogen) atoms. The van der Waals surface area contributed by atoms with Gasteiger partial charge in [-0.25, -0.2) is 14.8 Å². The SMILES string of the molecule is O=C(OCc1cc(=O)n2c3c(sc2n1)CCCC3)c1cnccn1. The second-order valence-electron chi connectivity index (χ2n) is 5.55. The maximum Gasteiger partial charge on any atom is 0.358 e. The van der Waals surface area contributed by atoms with Crippen LogP contribution in [0.5, 0.6) is 0 Å². The van der Waals surface area contributed by atoms with Crippen LogP contribution in [0.25, 0.3) is 4.96 Å². The van der Waals surface area contributed by atoms with Crippen LogP contribution >= 0.6 is 11.3 Å². The fourth-order valence-electron chi connectivity index (χ4n) is 2.83. The number of aromatic nitrogens is 4. The molecule has 0 aromatic carbocycles. The Hall–Kier alpha value is -2.61. The molecule has 0 spiro atoms. The van der Waals surface area contributed by atoms with Gasteiger partial charge in [0.2, 0.25) is 0 Å². The summed E-state index contributed by atoms with van der Waals surface area (Å²) in [5, 5.41) is 0. The van der Waals surface area contributed by atoms with Gasteiger partial charge in [-0.2, -0.15) is 0 Å². The van der Waals surface area contributed by atoms with Gasteiger partial charge in [-0.3, -0.25) is 14.2 Å². The van der Waals surface area contributed by atoms with Crippen LogP contribution in [0.2, 0.25) is 0 Å². The van der Waals surface area contributed by atoms with Gasteiger partial charge in [0.1, 0.15) is 6.61 Å². The van der Waals surface area contributed by atoms with E-state index in [1.807, 2.05) is 0 Å². The number of hydrogen-bond acceptors (Lipinski definition) is 7. The van der Waals surface area contributed by atoms with Crippen LogP contribution in [0.15, 0.2) is 29.5 Å². The standard InChI is InChI=1S/C16H14N4O3S/c21-14-7-10(9-23-15(22)11-8-17-5-6-18-11)19-16-20(14)12-3-1-2-4-13(12)24-16/h5-8H,1-4,9H2. The van der Waals surface area contributed by atoms with Crippen LogP contribution in [0.3, 0.4) is 0 Å². The Bertz CT molecular complexity index is 965. The second-order valence-corrected chi connectivity index (χ2v) is 6.61. The minimum absolute atomic E-state index is 0.0658. The summed E-state index contributed by atoms with van der Waals surface area (Å²) in [6.07, 6.45) is 8.40. The molecular weight excluding hydrogens is 328 g/mol. The Morgan fingerprint density at radius 1 is 1.29 bits per heavy atom. The molecule has 0 unspecified atom stereocenters. The van der Waals surface area contributed by atoms with Gasteiger partial charge < -0.3 is 4.74 Å². The molecule has 1 aliphatic rings. The number of ether oxygens (including phenoxy) is 1. The number of nitrogens with zero attached hydrogens (tertiary/aromatic N) is 4. The van der Waals surface area contributed by atoms with E-state index in [0.717, 1.165) is 31.4 Å². The van der Waals surface area contributed by atoms with Crippen LogP contribution in [-0.2, 0) is 24.2 Å². The molecular formula is C16H14N4O3S. The summed E-state index contributed by atoms with van der Waals surface area (Å²) in [7, 11) is 0. The first-order chi connectivity index (χ1) is 11.7. The summed E-state index contributed by atoms with van der Waals surface area (Å²) in [5.41, 5.74) is 1.53.